The number of carbonyl (C=O) groups excluding carboxylic acids is 2. The quantitative estimate of drug-likeness (QED) is 0.483. The van der Waals surface area contributed by atoms with Crippen LogP contribution >= 0.6 is 0 Å². The summed E-state index contributed by atoms with van der Waals surface area (Å²) in [6.07, 6.45) is 1.49. The number of fused-ring (bicyclic) bond motifs is 1. The number of hydrogen-bond acceptors (Lipinski definition) is 4. The van der Waals surface area contributed by atoms with Gasteiger partial charge >= 0.3 is 0 Å². The molecule has 4 aromatic rings. The number of anilines is 1. The number of benzene rings is 2. The molecule has 1 N–H and O–H groups in total. The molecule has 1 aliphatic rings. The van der Waals surface area contributed by atoms with Gasteiger partial charge in [0.1, 0.15) is 28.6 Å². The number of para-hydroxylation sites is 1. The van der Waals surface area contributed by atoms with Gasteiger partial charge in [-0.1, -0.05) is 24.3 Å². The van der Waals surface area contributed by atoms with E-state index in [-0.39, 0.29) is 30.3 Å². The Labute approximate surface area is 193 Å². The highest BCUT2D eigenvalue weighted by atomic mass is 19.1. The van der Waals surface area contributed by atoms with Gasteiger partial charge in [-0.15, -0.1) is 0 Å². The van der Waals surface area contributed by atoms with Crippen LogP contribution in [0.25, 0.3) is 11.5 Å². The maximum absolute atomic E-state index is 14.8. The molecular weight excluding hydrogens is 442 g/mol. The van der Waals surface area contributed by atoms with Crippen molar-refractivity contribution >= 4 is 17.5 Å². The van der Waals surface area contributed by atoms with Crippen LogP contribution in [0.15, 0.2) is 77.4 Å². The fraction of sp³-hybridized carbons (Fsp3) is 0.160. The molecule has 172 valence electrons. The molecule has 1 aliphatic heterocycles. The van der Waals surface area contributed by atoms with Crippen molar-refractivity contribution in [2.24, 2.45) is 0 Å². The largest absolute Gasteiger partial charge is 0.463 e. The van der Waals surface area contributed by atoms with E-state index in [0.717, 1.165) is 0 Å². The van der Waals surface area contributed by atoms with E-state index in [0.29, 0.717) is 17.0 Å². The van der Waals surface area contributed by atoms with E-state index in [2.05, 4.69) is 10.4 Å². The third-order valence-corrected chi connectivity index (χ3v) is 5.88. The molecule has 9 heteroatoms. The van der Waals surface area contributed by atoms with Crippen molar-refractivity contribution in [1.29, 1.82) is 0 Å². The first-order valence-corrected chi connectivity index (χ1v) is 10.6. The van der Waals surface area contributed by atoms with E-state index in [1.165, 1.54) is 46.2 Å². The maximum Gasteiger partial charge on any atom is 0.277 e. The summed E-state index contributed by atoms with van der Waals surface area (Å²) in [5.74, 6) is -1.62. The first-order valence-electron chi connectivity index (χ1n) is 10.6. The summed E-state index contributed by atoms with van der Waals surface area (Å²) in [7, 11) is 0. The van der Waals surface area contributed by atoms with Gasteiger partial charge in [0.25, 0.3) is 5.91 Å². The molecule has 1 atom stereocenters. The van der Waals surface area contributed by atoms with Crippen LogP contribution in [0.5, 0.6) is 0 Å². The molecular formula is C25H20F2N4O3. The van der Waals surface area contributed by atoms with E-state index in [9.17, 15) is 18.4 Å². The Morgan fingerprint density at radius 1 is 1.12 bits per heavy atom. The Balaban J connectivity index is 1.54. The zero-order valence-electron chi connectivity index (χ0n) is 18.2. The number of nitrogens with one attached hydrogen (secondary N) is 1. The summed E-state index contributed by atoms with van der Waals surface area (Å²) < 4.78 is 34.9. The smallest absolute Gasteiger partial charge is 0.277 e. The van der Waals surface area contributed by atoms with Crippen LogP contribution in [0.3, 0.4) is 0 Å². The van der Waals surface area contributed by atoms with Gasteiger partial charge in [-0.25, -0.2) is 8.78 Å². The first kappa shape index (κ1) is 21.6. The Hall–Kier alpha value is -4.27. The second kappa shape index (κ2) is 8.26. The lowest BCUT2D eigenvalue weighted by molar-refractivity contribution is -0.126. The summed E-state index contributed by atoms with van der Waals surface area (Å²) in [4.78, 5) is 28.3. The number of hydrogen-bond donors (Lipinski definition) is 1. The normalized spacial score (nSPS) is 17.5. The van der Waals surface area contributed by atoms with Gasteiger partial charge in [-0.05, 0) is 48.9 Å². The molecule has 0 saturated heterocycles. The molecule has 0 saturated carbocycles. The van der Waals surface area contributed by atoms with Crippen LogP contribution < -0.4 is 10.2 Å². The number of furan rings is 1. The third-order valence-electron chi connectivity index (χ3n) is 5.88. The topological polar surface area (TPSA) is 80.4 Å². The average Bonchev–Trinajstić information content (AvgIpc) is 3.50. The summed E-state index contributed by atoms with van der Waals surface area (Å²) >= 11 is 0. The molecule has 0 bridgehead atoms. The molecule has 0 aliphatic carbocycles. The summed E-state index contributed by atoms with van der Waals surface area (Å²) in [6, 6.07) is 16.5. The summed E-state index contributed by atoms with van der Waals surface area (Å²) in [5, 5.41) is 7.26. The fourth-order valence-electron chi connectivity index (χ4n) is 4.11. The first-order chi connectivity index (χ1) is 16.4. The Kier molecular flexibility index (Phi) is 5.24. The Morgan fingerprint density at radius 3 is 2.59 bits per heavy atom. The zero-order valence-corrected chi connectivity index (χ0v) is 18.2. The molecule has 7 nitrogen and oxygen atoms in total. The van der Waals surface area contributed by atoms with Crippen molar-refractivity contribution in [3.63, 3.8) is 0 Å². The zero-order chi connectivity index (χ0) is 23.9. The highest BCUT2D eigenvalue weighted by Gasteiger charge is 2.49. The minimum atomic E-state index is -1.50. The summed E-state index contributed by atoms with van der Waals surface area (Å²) in [6.45, 7) is 1.66. The van der Waals surface area contributed by atoms with E-state index in [4.69, 9.17) is 4.42 Å². The summed E-state index contributed by atoms with van der Waals surface area (Å²) in [5.41, 5.74) is -0.202. The average molecular weight is 462 g/mol. The van der Waals surface area contributed by atoms with Crippen LogP contribution in [0.4, 0.5) is 14.5 Å². The van der Waals surface area contributed by atoms with E-state index in [1.807, 2.05) is 0 Å². The van der Waals surface area contributed by atoms with Gasteiger partial charge in [0.2, 0.25) is 5.91 Å². The number of rotatable bonds is 5. The Morgan fingerprint density at radius 2 is 1.88 bits per heavy atom. The minimum absolute atomic E-state index is 0.0149. The number of amides is 2. The fourth-order valence-corrected chi connectivity index (χ4v) is 4.11. The van der Waals surface area contributed by atoms with Gasteiger partial charge < -0.3 is 9.73 Å². The van der Waals surface area contributed by atoms with Gasteiger partial charge in [-0.3, -0.25) is 19.2 Å². The van der Waals surface area contributed by atoms with Crippen LogP contribution in [0, 0.1) is 11.6 Å². The van der Waals surface area contributed by atoms with Crippen LogP contribution in [0.1, 0.15) is 23.0 Å². The van der Waals surface area contributed by atoms with Crippen molar-refractivity contribution in [3.05, 3.63) is 95.9 Å². The molecule has 5 rings (SSSR count). The number of nitrogens with zero attached hydrogens (tertiary/aromatic N) is 3. The number of halogens is 2. The van der Waals surface area contributed by atoms with Gasteiger partial charge in [0.05, 0.1) is 18.5 Å². The third kappa shape index (κ3) is 3.64. The SMILES string of the molecule is CC1(C(=O)NCc2ccc(F)cc2)Cn2nc(-c3ccco3)cc2C(=O)N1c1ccccc1F. The highest BCUT2D eigenvalue weighted by molar-refractivity contribution is 6.12. The Bertz CT molecular complexity index is 1370. The molecule has 0 spiro atoms. The van der Waals surface area contributed by atoms with Crippen LogP contribution in [-0.4, -0.2) is 27.1 Å². The lowest BCUT2D eigenvalue weighted by Gasteiger charge is -2.43. The van der Waals surface area contributed by atoms with Gasteiger partial charge in [0.15, 0.2) is 5.76 Å². The lowest BCUT2D eigenvalue weighted by atomic mass is 9.93. The predicted molar refractivity (Wildman–Crippen MR) is 120 cm³/mol. The highest BCUT2D eigenvalue weighted by Crippen LogP contribution is 2.35. The molecule has 34 heavy (non-hydrogen) atoms. The number of aromatic nitrogens is 2. The second-order valence-electron chi connectivity index (χ2n) is 8.22. The molecule has 2 amide bonds. The van der Waals surface area contributed by atoms with Crippen LogP contribution in [0.2, 0.25) is 0 Å². The van der Waals surface area contributed by atoms with Crippen molar-refractivity contribution in [2.45, 2.75) is 25.6 Å². The van der Waals surface area contributed by atoms with E-state index in [1.54, 1.807) is 43.3 Å². The van der Waals surface area contributed by atoms with Crippen molar-refractivity contribution in [2.75, 3.05) is 4.90 Å². The van der Waals surface area contributed by atoms with E-state index < -0.39 is 23.2 Å². The lowest BCUT2D eigenvalue weighted by Crippen LogP contribution is -2.64. The van der Waals surface area contributed by atoms with Gasteiger partial charge in [-0.2, -0.15) is 5.10 Å². The molecule has 0 fully saturated rings. The molecule has 2 aromatic carbocycles. The maximum atomic E-state index is 14.8. The minimum Gasteiger partial charge on any atom is -0.463 e. The second-order valence-corrected chi connectivity index (χ2v) is 8.22. The molecule has 1 unspecified atom stereocenters. The van der Waals surface area contributed by atoms with Crippen molar-refractivity contribution in [3.8, 4) is 11.5 Å². The van der Waals surface area contributed by atoms with Crippen molar-refractivity contribution < 1.29 is 22.8 Å². The van der Waals surface area contributed by atoms with Crippen molar-refractivity contribution in [1.82, 2.24) is 15.1 Å². The standard InChI is InChI=1S/C25H20F2N4O3/c1-25(24(33)28-14-16-8-10-17(26)11-9-16)15-30-21(13-19(29-30)22-7-4-12-34-22)23(32)31(25)20-6-3-2-5-18(20)27/h2-13H,14-15H2,1H3,(H,28,33). The molecule has 3 heterocycles. The predicted octanol–water partition coefficient (Wildman–Crippen LogP) is 4.16. The monoisotopic (exact) mass is 462 g/mol. The van der Waals surface area contributed by atoms with Gasteiger partial charge in [0, 0.05) is 12.6 Å². The molecule has 2 aromatic heterocycles. The van der Waals surface area contributed by atoms with Crippen LogP contribution in [-0.2, 0) is 17.9 Å². The number of carbonyl (C=O) groups is 2. The molecule has 0 radical (unpaired) electrons. The van der Waals surface area contributed by atoms with E-state index >= 15 is 0 Å².